The van der Waals surface area contributed by atoms with Crippen LogP contribution in [0.1, 0.15) is 36.9 Å². The Morgan fingerprint density at radius 2 is 2.35 bits per heavy atom. The van der Waals surface area contributed by atoms with Gasteiger partial charge in [-0.1, -0.05) is 13.0 Å². The van der Waals surface area contributed by atoms with Gasteiger partial charge in [-0.3, -0.25) is 4.68 Å². The number of hydrogen-bond donors (Lipinski definition) is 1. The van der Waals surface area contributed by atoms with Crippen LogP contribution < -0.4 is 5.32 Å². The lowest BCUT2D eigenvalue weighted by atomic mass is 10.2. The molecule has 0 bridgehead atoms. The van der Waals surface area contributed by atoms with Crippen molar-refractivity contribution < 1.29 is 0 Å². The summed E-state index contributed by atoms with van der Waals surface area (Å²) in [5.41, 5.74) is 1.26. The first-order chi connectivity index (χ1) is 8.31. The van der Waals surface area contributed by atoms with E-state index in [1.54, 1.807) is 11.3 Å². The van der Waals surface area contributed by atoms with Gasteiger partial charge in [-0.25, -0.2) is 0 Å². The molecule has 0 aliphatic rings. The minimum atomic E-state index is 0.403. The molecule has 1 atom stereocenters. The second-order valence-electron chi connectivity index (χ2n) is 4.16. The van der Waals surface area contributed by atoms with E-state index in [4.69, 9.17) is 0 Å². The highest BCUT2D eigenvalue weighted by Crippen LogP contribution is 2.18. The molecule has 17 heavy (non-hydrogen) atoms. The van der Waals surface area contributed by atoms with Crippen LogP contribution in [0.3, 0.4) is 0 Å². The number of aryl methyl sites for hydroxylation is 1. The average molecular weight is 249 g/mol. The Bertz CT molecular complexity index is 433. The van der Waals surface area contributed by atoms with Gasteiger partial charge in [-0.15, -0.1) is 11.3 Å². The van der Waals surface area contributed by atoms with E-state index in [0.29, 0.717) is 6.04 Å². The summed E-state index contributed by atoms with van der Waals surface area (Å²) in [5, 5.41) is 9.98. The number of thiophene rings is 1. The van der Waals surface area contributed by atoms with Gasteiger partial charge >= 0.3 is 0 Å². The minimum Gasteiger partial charge on any atom is -0.304 e. The molecule has 0 saturated heterocycles. The summed E-state index contributed by atoms with van der Waals surface area (Å²) < 4.78 is 2.08. The van der Waals surface area contributed by atoms with Crippen molar-refractivity contribution in [3.8, 4) is 0 Å². The van der Waals surface area contributed by atoms with Crippen molar-refractivity contribution in [1.29, 1.82) is 0 Å². The number of hydrogen-bond acceptors (Lipinski definition) is 3. The first kappa shape index (κ1) is 12.3. The first-order valence-electron chi connectivity index (χ1n) is 6.08. The Hall–Kier alpha value is -1.13. The van der Waals surface area contributed by atoms with E-state index in [2.05, 4.69) is 52.5 Å². The summed E-state index contributed by atoms with van der Waals surface area (Å²) >= 11 is 1.80. The van der Waals surface area contributed by atoms with Crippen molar-refractivity contribution in [2.24, 2.45) is 0 Å². The van der Waals surface area contributed by atoms with E-state index in [1.807, 2.05) is 6.20 Å². The third-order valence-electron chi connectivity index (χ3n) is 2.80. The van der Waals surface area contributed by atoms with Crippen LogP contribution in [-0.4, -0.2) is 9.78 Å². The average Bonchev–Trinajstić information content (AvgIpc) is 2.97. The van der Waals surface area contributed by atoms with Crippen LogP contribution in [0.2, 0.25) is 0 Å². The van der Waals surface area contributed by atoms with Gasteiger partial charge in [-0.05, 0) is 30.9 Å². The summed E-state index contributed by atoms with van der Waals surface area (Å²) in [6.07, 6.45) is 3.00. The number of rotatable bonds is 6. The van der Waals surface area contributed by atoms with Gasteiger partial charge in [-0.2, -0.15) is 5.10 Å². The van der Waals surface area contributed by atoms with Crippen molar-refractivity contribution >= 4 is 11.3 Å². The maximum atomic E-state index is 4.33. The highest BCUT2D eigenvalue weighted by atomic mass is 32.1. The lowest BCUT2D eigenvalue weighted by Gasteiger charge is -2.13. The van der Waals surface area contributed by atoms with Crippen molar-refractivity contribution in [1.82, 2.24) is 15.1 Å². The van der Waals surface area contributed by atoms with Gasteiger partial charge in [0.1, 0.15) is 0 Å². The number of nitrogens with one attached hydrogen (secondary N) is 1. The molecule has 2 aromatic rings. The molecule has 0 spiro atoms. The lowest BCUT2D eigenvalue weighted by Crippen LogP contribution is -2.19. The molecule has 0 aliphatic carbocycles. The summed E-state index contributed by atoms with van der Waals surface area (Å²) in [5.74, 6) is 0. The predicted octanol–water partition coefficient (Wildman–Crippen LogP) is 3.21. The fourth-order valence-corrected chi connectivity index (χ4v) is 2.58. The minimum absolute atomic E-state index is 0.403. The molecule has 2 aromatic heterocycles. The normalized spacial score (nSPS) is 12.8. The van der Waals surface area contributed by atoms with E-state index in [0.717, 1.165) is 19.5 Å². The summed E-state index contributed by atoms with van der Waals surface area (Å²) in [6, 6.07) is 6.76. The number of nitrogens with zero attached hydrogens (tertiary/aromatic N) is 2. The molecular formula is C13H19N3S. The van der Waals surface area contributed by atoms with Gasteiger partial charge < -0.3 is 5.32 Å². The van der Waals surface area contributed by atoms with Gasteiger partial charge in [0.2, 0.25) is 0 Å². The molecule has 0 amide bonds. The van der Waals surface area contributed by atoms with Crippen molar-refractivity contribution in [2.75, 3.05) is 0 Å². The quantitative estimate of drug-likeness (QED) is 0.852. The molecule has 0 saturated carbocycles. The third kappa shape index (κ3) is 3.17. The molecule has 0 aromatic carbocycles. The van der Waals surface area contributed by atoms with Gasteiger partial charge in [0.25, 0.3) is 0 Å². The molecule has 1 N–H and O–H groups in total. The maximum absolute atomic E-state index is 4.33. The zero-order valence-electron chi connectivity index (χ0n) is 10.4. The second-order valence-corrected chi connectivity index (χ2v) is 5.14. The Morgan fingerprint density at radius 1 is 1.47 bits per heavy atom. The van der Waals surface area contributed by atoms with Crippen molar-refractivity contribution in [3.05, 3.63) is 40.3 Å². The monoisotopic (exact) mass is 249 g/mol. The highest BCUT2D eigenvalue weighted by molar-refractivity contribution is 7.10. The van der Waals surface area contributed by atoms with Crippen LogP contribution in [-0.2, 0) is 13.1 Å². The fraction of sp³-hybridized carbons (Fsp3) is 0.462. The molecule has 2 rings (SSSR count). The van der Waals surface area contributed by atoms with Crippen LogP contribution in [0.25, 0.3) is 0 Å². The zero-order valence-corrected chi connectivity index (χ0v) is 11.2. The molecule has 0 fully saturated rings. The molecule has 0 unspecified atom stereocenters. The first-order valence-corrected chi connectivity index (χ1v) is 6.96. The van der Waals surface area contributed by atoms with Crippen molar-refractivity contribution in [3.63, 3.8) is 0 Å². The molecule has 2 heterocycles. The standard InChI is InChI=1S/C13H19N3S/c1-3-8-16-12(6-7-15-16)10-14-11(2)13-5-4-9-17-13/h4-7,9,11,14H,3,8,10H2,1-2H3/t11-/m1/s1. The van der Waals surface area contributed by atoms with E-state index in [-0.39, 0.29) is 0 Å². The summed E-state index contributed by atoms with van der Waals surface area (Å²) in [6.45, 7) is 6.25. The van der Waals surface area contributed by atoms with Gasteiger partial charge in [0.15, 0.2) is 0 Å². The van der Waals surface area contributed by atoms with Gasteiger partial charge in [0.05, 0.1) is 5.69 Å². The van der Waals surface area contributed by atoms with Crippen LogP contribution in [0.15, 0.2) is 29.8 Å². The van der Waals surface area contributed by atoms with Crippen LogP contribution in [0.4, 0.5) is 0 Å². The lowest BCUT2D eigenvalue weighted by molar-refractivity contribution is 0.520. The molecule has 92 valence electrons. The summed E-state index contributed by atoms with van der Waals surface area (Å²) in [7, 11) is 0. The molecule has 0 radical (unpaired) electrons. The van der Waals surface area contributed by atoms with Crippen LogP contribution in [0.5, 0.6) is 0 Å². The smallest absolute Gasteiger partial charge is 0.0522 e. The number of aromatic nitrogens is 2. The Kier molecular flexibility index (Phi) is 4.34. The molecular weight excluding hydrogens is 230 g/mol. The van der Waals surface area contributed by atoms with E-state index in [1.165, 1.54) is 10.6 Å². The van der Waals surface area contributed by atoms with E-state index < -0.39 is 0 Å². The Morgan fingerprint density at radius 3 is 3.06 bits per heavy atom. The molecule has 0 aliphatic heterocycles. The van der Waals surface area contributed by atoms with E-state index >= 15 is 0 Å². The summed E-state index contributed by atoms with van der Waals surface area (Å²) in [4.78, 5) is 1.38. The van der Waals surface area contributed by atoms with E-state index in [9.17, 15) is 0 Å². The van der Waals surface area contributed by atoms with Crippen LogP contribution >= 0.6 is 11.3 Å². The third-order valence-corrected chi connectivity index (χ3v) is 3.85. The SMILES string of the molecule is CCCn1nccc1CN[C@H](C)c1cccs1. The fourth-order valence-electron chi connectivity index (χ4n) is 1.82. The highest BCUT2D eigenvalue weighted by Gasteiger charge is 2.07. The maximum Gasteiger partial charge on any atom is 0.0522 e. The largest absolute Gasteiger partial charge is 0.304 e. The zero-order chi connectivity index (χ0) is 12.1. The molecule has 3 nitrogen and oxygen atoms in total. The van der Waals surface area contributed by atoms with Gasteiger partial charge in [0, 0.05) is 30.2 Å². The predicted molar refractivity (Wildman–Crippen MR) is 72.1 cm³/mol. The van der Waals surface area contributed by atoms with Crippen molar-refractivity contribution in [2.45, 2.75) is 39.4 Å². The second kappa shape index (κ2) is 5.98. The Labute approximate surface area is 106 Å². The molecule has 4 heteroatoms. The topological polar surface area (TPSA) is 29.9 Å². The Balaban J connectivity index is 1.91. The van der Waals surface area contributed by atoms with Crippen LogP contribution in [0, 0.1) is 0 Å².